The molecule has 4 aliphatic rings. The number of nitrogen functional groups attached to an aromatic ring is 1. The van der Waals surface area contributed by atoms with Crippen LogP contribution in [0.4, 0.5) is 21.0 Å². The minimum atomic E-state index is -0.616. The molecule has 0 bridgehead atoms. The standard InChI is InChI=1S/C39H40FN11O4S/c1-22-35(24-16-33(36(41)42-18-24)55-23(2)30-17-26(40)3-6-31(30)51-43-9-10-44-51)56-39(45-22)48-13-11-47(12-14-48)28-20-49(21-28)27-4-5-29-25(15-27)19-50(38(29)54)32-7-8-34(52)46-37(32)53/h3-6,9-10,15-18,23,28,32H,7-8,11-14,19-21H2,1-2H3,(H2,41,42)(H,46,52,53)/t23-,32?/m1/s1. The number of benzene rings is 2. The number of piperazine rings is 1. The van der Waals surface area contributed by atoms with Crippen LogP contribution in [0.1, 0.15) is 53.0 Å². The molecule has 3 saturated heterocycles. The van der Waals surface area contributed by atoms with Crippen molar-refractivity contribution >= 4 is 45.7 Å². The molecule has 7 heterocycles. The van der Waals surface area contributed by atoms with Gasteiger partial charge in [0.25, 0.3) is 5.91 Å². The third kappa shape index (κ3) is 6.59. The Kier molecular flexibility index (Phi) is 9.12. The number of amides is 3. The number of nitrogens with zero attached hydrogens (tertiary/aromatic N) is 9. The van der Waals surface area contributed by atoms with Crippen LogP contribution in [-0.2, 0) is 16.1 Å². The number of carbonyl (C=O) groups is 3. The van der Waals surface area contributed by atoms with Gasteiger partial charge in [-0.15, -0.1) is 0 Å². The number of hydrogen-bond acceptors (Lipinski definition) is 13. The number of aromatic nitrogens is 5. The molecule has 17 heteroatoms. The van der Waals surface area contributed by atoms with E-state index in [1.165, 1.54) is 16.9 Å². The molecule has 2 atom stereocenters. The Labute approximate surface area is 325 Å². The Morgan fingerprint density at radius 3 is 2.55 bits per heavy atom. The zero-order valence-corrected chi connectivity index (χ0v) is 31.7. The van der Waals surface area contributed by atoms with E-state index in [0.717, 1.165) is 71.8 Å². The van der Waals surface area contributed by atoms with E-state index in [4.69, 9.17) is 15.5 Å². The first kappa shape index (κ1) is 35.7. The van der Waals surface area contributed by atoms with E-state index < -0.39 is 23.9 Å². The SMILES string of the molecule is Cc1nc(N2CCN(C3CN(c4ccc5c(c4)CN(C4CCC(=O)NC4=O)C5=O)C3)CC2)sc1-c1cnc(N)c(O[C@H](C)c2cc(F)ccc2-n2nccn2)c1. The smallest absolute Gasteiger partial charge is 0.255 e. The maximum absolute atomic E-state index is 14.4. The average molecular weight is 778 g/mol. The van der Waals surface area contributed by atoms with Crippen molar-refractivity contribution in [3.8, 4) is 21.9 Å². The van der Waals surface area contributed by atoms with E-state index in [0.29, 0.717) is 41.6 Å². The number of piperidine rings is 1. The third-order valence-corrected chi connectivity index (χ3v) is 12.4. The second kappa shape index (κ2) is 14.3. The summed E-state index contributed by atoms with van der Waals surface area (Å²) in [5.74, 6) is -0.621. The summed E-state index contributed by atoms with van der Waals surface area (Å²) < 4.78 is 20.6. The molecular weight excluding hydrogens is 738 g/mol. The summed E-state index contributed by atoms with van der Waals surface area (Å²) in [6, 6.07) is 12.0. The van der Waals surface area contributed by atoms with Crippen LogP contribution in [0.25, 0.3) is 16.1 Å². The summed E-state index contributed by atoms with van der Waals surface area (Å²) in [7, 11) is 0. The van der Waals surface area contributed by atoms with E-state index in [9.17, 15) is 18.8 Å². The molecule has 3 aromatic heterocycles. The molecule has 0 saturated carbocycles. The van der Waals surface area contributed by atoms with Crippen LogP contribution in [0.3, 0.4) is 0 Å². The highest BCUT2D eigenvalue weighted by Gasteiger charge is 2.40. The second-order valence-corrected chi connectivity index (χ2v) is 15.6. The van der Waals surface area contributed by atoms with Gasteiger partial charge in [-0.2, -0.15) is 15.0 Å². The Balaban J connectivity index is 0.810. The number of nitrogens with one attached hydrogen (secondary N) is 1. The van der Waals surface area contributed by atoms with Gasteiger partial charge in [-0.05, 0) is 68.3 Å². The predicted octanol–water partition coefficient (Wildman–Crippen LogP) is 3.73. The fraction of sp³-hybridized carbons (Fsp3) is 0.359. The fourth-order valence-electron chi connectivity index (χ4n) is 8.02. The van der Waals surface area contributed by atoms with Gasteiger partial charge in [0.05, 0.1) is 28.7 Å². The monoisotopic (exact) mass is 777 g/mol. The summed E-state index contributed by atoms with van der Waals surface area (Å²) in [5.41, 5.74) is 11.8. The Bertz CT molecular complexity index is 2340. The topological polar surface area (TPSA) is 168 Å². The summed E-state index contributed by atoms with van der Waals surface area (Å²) >= 11 is 1.62. The number of aryl methyl sites for hydroxylation is 1. The largest absolute Gasteiger partial charge is 0.482 e. The van der Waals surface area contributed by atoms with Crippen molar-refractivity contribution in [2.24, 2.45) is 0 Å². The number of rotatable bonds is 9. The molecule has 5 aromatic rings. The first-order valence-electron chi connectivity index (χ1n) is 18.7. The zero-order valence-electron chi connectivity index (χ0n) is 30.9. The lowest BCUT2D eigenvalue weighted by atomic mass is 10.0. The van der Waals surface area contributed by atoms with Gasteiger partial charge in [0.2, 0.25) is 11.8 Å². The molecule has 4 aliphatic heterocycles. The van der Waals surface area contributed by atoms with Crippen molar-refractivity contribution in [3.63, 3.8) is 0 Å². The van der Waals surface area contributed by atoms with E-state index in [-0.39, 0.29) is 24.1 Å². The molecule has 0 aliphatic carbocycles. The zero-order chi connectivity index (χ0) is 38.7. The molecule has 0 spiro atoms. The van der Waals surface area contributed by atoms with Crippen molar-refractivity contribution in [1.82, 2.24) is 40.1 Å². The van der Waals surface area contributed by atoms with Crippen molar-refractivity contribution in [3.05, 3.63) is 89.3 Å². The molecule has 0 radical (unpaired) electrons. The van der Waals surface area contributed by atoms with Gasteiger partial charge in [0.1, 0.15) is 18.0 Å². The lowest BCUT2D eigenvalue weighted by Crippen LogP contribution is -2.63. The Morgan fingerprint density at radius 1 is 1.00 bits per heavy atom. The highest BCUT2D eigenvalue weighted by atomic mass is 32.1. The fourth-order valence-corrected chi connectivity index (χ4v) is 9.12. The molecule has 56 heavy (non-hydrogen) atoms. The summed E-state index contributed by atoms with van der Waals surface area (Å²) in [4.78, 5) is 57.8. The lowest BCUT2D eigenvalue weighted by Gasteiger charge is -2.49. The molecule has 3 fully saturated rings. The van der Waals surface area contributed by atoms with Gasteiger partial charge in [-0.25, -0.2) is 14.4 Å². The number of anilines is 3. The van der Waals surface area contributed by atoms with Crippen LogP contribution in [0.5, 0.6) is 5.75 Å². The molecule has 3 amide bonds. The Hall–Kier alpha value is -5.94. The highest BCUT2D eigenvalue weighted by Crippen LogP contribution is 2.39. The quantitative estimate of drug-likeness (QED) is 0.209. The van der Waals surface area contributed by atoms with Crippen LogP contribution in [0.15, 0.2) is 61.1 Å². The number of thiazole rings is 1. The highest BCUT2D eigenvalue weighted by molar-refractivity contribution is 7.19. The lowest BCUT2D eigenvalue weighted by molar-refractivity contribution is -0.136. The molecular formula is C39H40FN11O4S. The number of pyridine rings is 1. The number of carbonyl (C=O) groups excluding carboxylic acids is 3. The van der Waals surface area contributed by atoms with E-state index in [1.807, 2.05) is 32.0 Å². The molecule has 9 rings (SSSR count). The first-order valence-corrected chi connectivity index (χ1v) is 19.5. The summed E-state index contributed by atoms with van der Waals surface area (Å²) in [6.07, 6.45) is 4.85. The van der Waals surface area contributed by atoms with E-state index >= 15 is 0 Å². The number of nitrogens with two attached hydrogens (primary N) is 1. The maximum Gasteiger partial charge on any atom is 0.255 e. The van der Waals surface area contributed by atoms with Crippen molar-refractivity contribution in [1.29, 1.82) is 0 Å². The van der Waals surface area contributed by atoms with E-state index in [2.05, 4.69) is 41.3 Å². The van der Waals surface area contributed by atoms with Gasteiger partial charge < -0.3 is 25.2 Å². The molecule has 2 aromatic carbocycles. The van der Waals surface area contributed by atoms with Crippen LogP contribution in [-0.4, -0.2) is 104 Å². The predicted molar refractivity (Wildman–Crippen MR) is 207 cm³/mol. The minimum absolute atomic E-state index is 0.155. The maximum atomic E-state index is 14.4. The summed E-state index contributed by atoms with van der Waals surface area (Å²) in [6.45, 7) is 9.53. The number of hydrogen-bond donors (Lipinski definition) is 2. The Morgan fingerprint density at radius 2 is 1.79 bits per heavy atom. The molecule has 288 valence electrons. The number of fused-ring (bicyclic) bond motifs is 1. The van der Waals surface area contributed by atoms with Gasteiger partial charge in [-0.3, -0.25) is 24.6 Å². The first-order chi connectivity index (χ1) is 27.1. The number of ether oxygens (including phenoxy) is 1. The van der Waals surface area contributed by atoms with Crippen LogP contribution in [0, 0.1) is 12.7 Å². The third-order valence-electron chi connectivity index (χ3n) is 11.1. The second-order valence-electron chi connectivity index (χ2n) is 14.6. The van der Waals surface area contributed by atoms with Crippen LogP contribution in [0.2, 0.25) is 0 Å². The normalized spacial score (nSPS) is 19.6. The minimum Gasteiger partial charge on any atom is -0.482 e. The van der Waals surface area contributed by atoms with Crippen molar-refractivity contribution in [2.45, 2.75) is 51.4 Å². The molecule has 3 N–H and O–H groups in total. The van der Waals surface area contributed by atoms with Gasteiger partial charge in [0, 0.05) is 86.9 Å². The van der Waals surface area contributed by atoms with Gasteiger partial charge in [0.15, 0.2) is 16.7 Å². The van der Waals surface area contributed by atoms with Crippen LogP contribution >= 0.6 is 11.3 Å². The van der Waals surface area contributed by atoms with E-state index in [1.54, 1.807) is 40.9 Å². The van der Waals surface area contributed by atoms with Crippen molar-refractivity contribution in [2.75, 3.05) is 54.8 Å². The number of halogens is 1. The van der Waals surface area contributed by atoms with Crippen LogP contribution < -0.4 is 25.6 Å². The average Bonchev–Trinajstić information content (AvgIpc) is 3.92. The molecule has 1 unspecified atom stereocenters. The molecule has 15 nitrogen and oxygen atoms in total. The number of imide groups is 1. The summed E-state index contributed by atoms with van der Waals surface area (Å²) in [5, 5.41) is 11.7. The van der Waals surface area contributed by atoms with Gasteiger partial charge >= 0.3 is 0 Å². The van der Waals surface area contributed by atoms with Gasteiger partial charge in [-0.1, -0.05) is 11.3 Å². The van der Waals surface area contributed by atoms with Crippen molar-refractivity contribution < 1.29 is 23.5 Å².